The molecule has 1 fully saturated rings. The number of aromatic amines is 1. The molecular formula is C58H68N12O8. The van der Waals surface area contributed by atoms with Crippen LogP contribution in [0, 0.1) is 18.8 Å². The van der Waals surface area contributed by atoms with E-state index >= 15 is 0 Å². The largest absolute Gasteiger partial charge is 0.445 e. The predicted octanol–water partition coefficient (Wildman–Crippen LogP) is 8.08. The number of H-pyrrole nitrogens is 1. The smallest absolute Gasteiger partial charge is 0.410 e. The maximum absolute atomic E-state index is 14.4. The molecule has 4 aromatic heterocycles. The highest BCUT2D eigenvalue weighted by Crippen LogP contribution is 2.37. The van der Waals surface area contributed by atoms with Crippen molar-refractivity contribution in [2.75, 3.05) is 18.4 Å². The molecule has 1 saturated carbocycles. The summed E-state index contributed by atoms with van der Waals surface area (Å²) in [4.78, 5) is 111. The van der Waals surface area contributed by atoms with Gasteiger partial charge in [0.1, 0.15) is 18.8 Å². The number of nitrogens with two attached hydrogens (primary N) is 1. The first kappa shape index (κ1) is 55.7. The lowest BCUT2D eigenvalue weighted by molar-refractivity contribution is -0.137. The molecule has 0 bridgehead atoms. The Balaban J connectivity index is 0.928. The zero-order valence-electron chi connectivity index (χ0n) is 44.4. The number of ketones is 1. The van der Waals surface area contributed by atoms with Crippen LogP contribution < -0.4 is 21.7 Å². The van der Waals surface area contributed by atoms with E-state index in [-0.39, 0.29) is 81.5 Å². The topological polar surface area (TPSA) is 269 Å². The predicted molar refractivity (Wildman–Crippen MR) is 292 cm³/mol. The Hall–Kier alpha value is -8.55. The van der Waals surface area contributed by atoms with E-state index in [2.05, 4.69) is 43.1 Å². The number of fused-ring (bicyclic) bond motifs is 1. The summed E-state index contributed by atoms with van der Waals surface area (Å²) in [5, 5.41) is 12.6. The number of unbranched alkanes of at least 4 members (excludes halogenated alkanes) is 2. The van der Waals surface area contributed by atoms with Gasteiger partial charge in [0.2, 0.25) is 11.8 Å². The summed E-state index contributed by atoms with van der Waals surface area (Å²) in [5.74, 6) is -1.90. The van der Waals surface area contributed by atoms with Gasteiger partial charge >= 0.3 is 12.1 Å². The van der Waals surface area contributed by atoms with Crippen molar-refractivity contribution in [3.8, 4) is 22.6 Å². The third-order valence-electron chi connectivity index (χ3n) is 14.2. The van der Waals surface area contributed by atoms with Gasteiger partial charge in [0, 0.05) is 73.7 Å². The minimum atomic E-state index is -0.853. The number of aryl methyl sites for hydroxylation is 1. The van der Waals surface area contributed by atoms with Gasteiger partial charge < -0.3 is 31.4 Å². The maximum Gasteiger partial charge on any atom is 0.410 e. The Morgan fingerprint density at radius 1 is 0.872 bits per heavy atom. The number of aromatic nitrogens is 6. The van der Waals surface area contributed by atoms with Gasteiger partial charge in [0.05, 0.1) is 29.7 Å². The van der Waals surface area contributed by atoms with Gasteiger partial charge in [-0.05, 0) is 110 Å². The van der Waals surface area contributed by atoms with E-state index in [9.17, 15) is 33.6 Å². The number of imidazole rings is 1. The Morgan fingerprint density at radius 2 is 1.64 bits per heavy atom. The van der Waals surface area contributed by atoms with Crippen molar-refractivity contribution in [1.82, 2.24) is 50.0 Å². The van der Waals surface area contributed by atoms with E-state index in [4.69, 9.17) is 20.4 Å². The van der Waals surface area contributed by atoms with Crippen LogP contribution in [0.1, 0.15) is 119 Å². The third kappa shape index (κ3) is 14.9. The van der Waals surface area contributed by atoms with Gasteiger partial charge in [-0.1, -0.05) is 75.6 Å². The number of nitrogens with one attached hydrogen (secondary N) is 4. The number of carbonyl (C=O) groups excluding carboxylic acids is 7. The number of rotatable bonds is 26. The zero-order valence-corrected chi connectivity index (χ0v) is 44.4. The molecule has 0 spiro atoms. The normalized spacial score (nSPS) is 14.2. The Morgan fingerprint density at radius 3 is 2.38 bits per heavy atom. The number of pyridine rings is 2. The fourth-order valence-corrected chi connectivity index (χ4v) is 10.1. The van der Waals surface area contributed by atoms with Gasteiger partial charge in [-0.15, -0.1) is 0 Å². The lowest BCUT2D eigenvalue weighted by Gasteiger charge is -2.24. The number of imide groups is 1. The highest BCUT2D eigenvalue weighted by atomic mass is 16.6. The van der Waals surface area contributed by atoms with Gasteiger partial charge in [-0.25, -0.2) is 24.1 Å². The number of urea groups is 1. The van der Waals surface area contributed by atoms with Crippen LogP contribution in [0.2, 0.25) is 0 Å². The number of primary amides is 1. The van der Waals surface area contributed by atoms with Crippen molar-refractivity contribution >= 4 is 52.9 Å². The molecule has 1 aliphatic carbocycles. The zero-order chi connectivity index (χ0) is 55.1. The van der Waals surface area contributed by atoms with Crippen molar-refractivity contribution in [2.45, 2.75) is 123 Å². The fourth-order valence-electron chi connectivity index (χ4n) is 10.1. The van der Waals surface area contributed by atoms with E-state index < -0.39 is 30.0 Å². The molecule has 2 aromatic carbocycles. The van der Waals surface area contributed by atoms with Gasteiger partial charge in [-0.2, -0.15) is 5.10 Å². The molecule has 2 aliphatic rings. The second-order valence-corrected chi connectivity index (χ2v) is 20.4. The van der Waals surface area contributed by atoms with Crippen molar-refractivity contribution in [1.29, 1.82) is 0 Å². The van der Waals surface area contributed by atoms with Crippen molar-refractivity contribution < 1.29 is 38.3 Å². The van der Waals surface area contributed by atoms with Gasteiger partial charge in [0.25, 0.3) is 11.8 Å². The number of amides is 7. The maximum atomic E-state index is 14.4. The van der Waals surface area contributed by atoms with Crippen LogP contribution in [-0.4, -0.2) is 100 Å². The number of hydrogen-bond acceptors (Lipinski definition) is 12. The molecule has 5 heterocycles. The molecule has 20 nitrogen and oxygen atoms in total. The Bertz CT molecular complexity index is 3120. The van der Waals surface area contributed by atoms with E-state index in [0.29, 0.717) is 71.4 Å². The minimum Gasteiger partial charge on any atom is -0.445 e. The fraction of sp³-hybridized carbons (Fsp3) is 0.397. The van der Waals surface area contributed by atoms with E-state index in [1.807, 2.05) is 69.4 Å². The van der Waals surface area contributed by atoms with Crippen LogP contribution in [0.5, 0.6) is 0 Å². The number of anilines is 1. The quantitative estimate of drug-likeness (QED) is 0.0255. The first-order chi connectivity index (χ1) is 37.7. The van der Waals surface area contributed by atoms with Crippen molar-refractivity contribution in [3.63, 3.8) is 0 Å². The first-order valence-corrected chi connectivity index (χ1v) is 26.8. The van der Waals surface area contributed by atoms with Crippen LogP contribution >= 0.6 is 0 Å². The number of hydrogen-bond donors (Lipinski definition) is 5. The molecule has 20 heteroatoms. The molecule has 7 amide bonds. The second-order valence-electron chi connectivity index (χ2n) is 20.4. The summed E-state index contributed by atoms with van der Waals surface area (Å²) in [5.41, 5.74) is 13.0. The molecule has 6 N–H and O–H groups in total. The van der Waals surface area contributed by atoms with E-state index in [1.54, 1.807) is 33.7 Å². The van der Waals surface area contributed by atoms with Crippen LogP contribution in [0.4, 0.5) is 15.3 Å². The molecule has 0 radical (unpaired) electrons. The molecule has 6 aromatic rings. The summed E-state index contributed by atoms with van der Waals surface area (Å²) < 4.78 is 7.74. The molecule has 0 saturated heterocycles. The molecule has 2 atom stereocenters. The average Bonchev–Trinajstić information content (AvgIpc) is 4.32. The summed E-state index contributed by atoms with van der Waals surface area (Å²) in [6.45, 7) is 6.32. The van der Waals surface area contributed by atoms with Crippen LogP contribution in [0.15, 0.2) is 104 Å². The van der Waals surface area contributed by atoms with Crippen LogP contribution in [-0.2, 0) is 48.4 Å². The summed E-state index contributed by atoms with van der Waals surface area (Å²) in [6.07, 6.45) is 12.0. The highest BCUT2D eigenvalue weighted by Gasteiger charge is 2.31. The molecule has 8 rings (SSSR count). The lowest BCUT2D eigenvalue weighted by Crippen LogP contribution is -2.45. The number of carbonyl (C=O) groups is 7. The lowest BCUT2D eigenvalue weighted by atomic mass is 9.89. The molecule has 0 unspecified atom stereocenters. The first-order valence-electron chi connectivity index (χ1n) is 26.8. The van der Waals surface area contributed by atoms with Gasteiger partial charge in [0.15, 0.2) is 11.4 Å². The summed E-state index contributed by atoms with van der Waals surface area (Å²) in [6, 6.07) is 23.2. The number of Topliss-reactive ketones (excluding diaryl/α,β-unsaturated/α-hetero) is 1. The number of nitrogens with zero attached hydrogens (tertiary/aromatic N) is 7. The number of ether oxygens (including phenoxy) is 1. The average molecular weight is 1060 g/mol. The van der Waals surface area contributed by atoms with Crippen LogP contribution in [0.25, 0.3) is 28.3 Å². The second kappa shape index (κ2) is 26.5. The monoisotopic (exact) mass is 1060 g/mol. The number of benzene rings is 2. The summed E-state index contributed by atoms with van der Waals surface area (Å²) in [7, 11) is 0. The summed E-state index contributed by atoms with van der Waals surface area (Å²) >= 11 is 0. The van der Waals surface area contributed by atoms with Gasteiger partial charge in [-0.3, -0.25) is 38.8 Å². The SMILES string of the molecule is Cc1cccc(-c2[nH]c(CN(Cc3ccccc3C3CCCC3)C(=O)OCc3ccc(NC(=O)[C@H](CCCNC(N)=O)CC(=O)[C@@H](NC(=O)CCCCCN4C(=O)C=CC4=O)C(C)C)cc3)nc2-c2ccc3ncnn3c2)n1. The van der Waals surface area contributed by atoms with Crippen LogP contribution in [0.3, 0.4) is 0 Å². The highest BCUT2D eigenvalue weighted by molar-refractivity contribution is 6.12. The van der Waals surface area contributed by atoms with E-state index in [0.717, 1.165) is 47.4 Å². The van der Waals surface area contributed by atoms with Crippen molar-refractivity contribution in [2.24, 2.45) is 17.6 Å². The Labute approximate surface area is 453 Å². The molecular weight excluding hydrogens is 993 g/mol. The standard InChI is InChI=1S/C58H68N12O8/c1-37(2)53(67-50(72)20-5-4-10-30-69-51(73)27-28-52(69)74)47(71)31-41(17-12-29-60-57(59)76)56(75)64-44-24-21-39(22-25-44)35-78-58(77)68(32-42-16-8-9-18-45(42)40-14-6-7-15-40)34-48-65-54(43-23-26-49-61-36-62-70(49)33-43)55(66-48)46-19-11-13-38(3)63-46/h8-9,11,13,16,18-19,21-28,33,36-37,40-41,53H,4-7,10,12,14-15,17,20,29-32,34-35H2,1-3H3,(H,64,75)(H,65,66)(H,67,72)(H3,59,60,76)/t41-,53+/m1/s1. The Kier molecular flexibility index (Phi) is 18.9. The molecule has 1 aliphatic heterocycles. The third-order valence-corrected chi connectivity index (χ3v) is 14.2. The molecule has 78 heavy (non-hydrogen) atoms. The van der Waals surface area contributed by atoms with E-state index in [1.165, 1.54) is 24.0 Å². The minimum absolute atomic E-state index is 0.0712. The van der Waals surface area contributed by atoms with Crippen molar-refractivity contribution in [3.05, 3.63) is 132 Å². The molecule has 408 valence electrons.